The van der Waals surface area contributed by atoms with E-state index in [0.717, 1.165) is 69.5 Å². The van der Waals surface area contributed by atoms with Crippen LogP contribution in [0.1, 0.15) is 36.0 Å². The van der Waals surface area contributed by atoms with Crippen LogP contribution in [0.2, 0.25) is 0 Å². The lowest BCUT2D eigenvalue weighted by molar-refractivity contribution is 0.175. The fraction of sp³-hybridized carbons (Fsp3) is 0.297. The Morgan fingerprint density at radius 2 is 1.79 bits per heavy atom. The number of unbranched alkanes of at least 4 members (excludes halogenated alkanes) is 1. The van der Waals surface area contributed by atoms with Gasteiger partial charge in [0.15, 0.2) is 16.9 Å². The second kappa shape index (κ2) is 13.1. The van der Waals surface area contributed by atoms with Crippen molar-refractivity contribution in [1.82, 2.24) is 24.4 Å². The van der Waals surface area contributed by atoms with Crippen LogP contribution < -0.4 is 10.9 Å². The molecule has 3 N–H and O–H groups in total. The molecule has 4 aromatic heterocycles. The number of likely N-dealkylation sites (tertiary alicyclic amines) is 1. The summed E-state index contributed by atoms with van der Waals surface area (Å²) in [5, 5.41) is 23.5. The molecule has 1 fully saturated rings. The lowest BCUT2D eigenvalue weighted by atomic mass is 9.93. The summed E-state index contributed by atoms with van der Waals surface area (Å²) >= 11 is 0. The largest absolute Gasteiger partial charge is 0.436 e. The lowest BCUT2D eigenvalue weighted by Crippen LogP contribution is -2.21. The third-order valence-corrected chi connectivity index (χ3v) is 9.08. The van der Waals surface area contributed by atoms with Gasteiger partial charge >= 0.3 is 0 Å². The molecule has 1 atom stereocenters. The Morgan fingerprint density at radius 1 is 0.979 bits per heavy atom. The lowest BCUT2D eigenvalue weighted by Gasteiger charge is -2.17. The summed E-state index contributed by atoms with van der Waals surface area (Å²) in [6, 6.07) is 18.1. The topological polar surface area (TPSA) is 130 Å². The number of aromatic nitrogens is 4. The number of anilines is 2. The number of pyridine rings is 3. The van der Waals surface area contributed by atoms with Gasteiger partial charge in [0, 0.05) is 68.0 Å². The average molecular weight is 631 g/mol. The average Bonchev–Trinajstić information content (AvgIpc) is 3.70. The molecule has 0 spiro atoms. The van der Waals surface area contributed by atoms with Crippen molar-refractivity contribution in [2.24, 2.45) is 0 Å². The van der Waals surface area contributed by atoms with E-state index in [2.05, 4.69) is 45.3 Å². The smallest absolute Gasteiger partial charge is 0.280 e. The van der Waals surface area contributed by atoms with E-state index in [0.29, 0.717) is 48.7 Å². The normalized spacial score (nSPS) is 15.2. The van der Waals surface area contributed by atoms with Crippen LogP contribution in [-0.4, -0.2) is 60.4 Å². The van der Waals surface area contributed by atoms with E-state index in [-0.39, 0.29) is 18.3 Å². The Morgan fingerprint density at radius 3 is 2.60 bits per heavy atom. The van der Waals surface area contributed by atoms with E-state index >= 15 is 0 Å². The van der Waals surface area contributed by atoms with Crippen molar-refractivity contribution in [1.29, 1.82) is 0 Å². The van der Waals surface area contributed by atoms with Crippen LogP contribution in [0.3, 0.4) is 0 Å². The van der Waals surface area contributed by atoms with Gasteiger partial charge in [0.25, 0.3) is 5.56 Å². The fourth-order valence-corrected chi connectivity index (χ4v) is 6.49. The molecule has 10 heteroatoms. The van der Waals surface area contributed by atoms with Gasteiger partial charge in [0.1, 0.15) is 5.52 Å². The number of aliphatic hydroxyl groups is 2. The zero-order valence-corrected chi connectivity index (χ0v) is 26.6. The standard InChI is InChI=1S/C37H38N6O4/c1-23-28(7-5-9-30(23)36-41-34-32(47-36)13-17-43(37(34)46)15-3-4-18-44)29-8-6-10-31(24(29)2)40-35-33-26(11-14-38-35)19-25(20-39-33)21-42-16-12-27(45)22-42/h5-11,13-14,17,19-20,27,44-45H,3-4,12,15-16,18,21-22H2,1-2H3,(H,38,40)/t27-/m1/s1. The highest BCUT2D eigenvalue weighted by atomic mass is 16.3. The molecule has 0 radical (unpaired) electrons. The fourth-order valence-electron chi connectivity index (χ4n) is 6.49. The van der Waals surface area contributed by atoms with E-state index < -0.39 is 0 Å². The van der Waals surface area contributed by atoms with Gasteiger partial charge in [-0.3, -0.25) is 14.7 Å². The summed E-state index contributed by atoms with van der Waals surface area (Å²) in [5.41, 5.74) is 8.35. The summed E-state index contributed by atoms with van der Waals surface area (Å²) in [4.78, 5) is 29.4. The molecule has 0 unspecified atom stereocenters. The first-order chi connectivity index (χ1) is 22.9. The van der Waals surface area contributed by atoms with E-state index in [1.165, 1.54) is 0 Å². The van der Waals surface area contributed by atoms with E-state index in [4.69, 9.17) is 14.5 Å². The first-order valence-electron chi connectivity index (χ1n) is 16.1. The predicted molar refractivity (Wildman–Crippen MR) is 184 cm³/mol. The monoisotopic (exact) mass is 630 g/mol. The predicted octanol–water partition coefficient (Wildman–Crippen LogP) is 5.97. The Bertz CT molecular complexity index is 2140. The molecule has 1 saturated heterocycles. The zero-order valence-electron chi connectivity index (χ0n) is 26.6. The Labute approximate surface area is 272 Å². The van der Waals surface area contributed by atoms with Crippen LogP contribution >= 0.6 is 0 Å². The molecular formula is C37H38N6O4. The number of hydrogen-bond donors (Lipinski definition) is 3. The molecule has 7 rings (SSSR count). The van der Waals surface area contributed by atoms with Crippen LogP contribution in [-0.2, 0) is 13.1 Å². The summed E-state index contributed by atoms with van der Waals surface area (Å²) in [7, 11) is 0. The van der Waals surface area contributed by atoms with Gasteiger partial charge in [0.05, 0.1) is 6.10 Å². The van der Waals surface area contributed by atoms with Crippen molar-refractivity contribution in [3.63, 3.8) is 0 Å². The van der Waals surface area contributed by atoms with Gasteiger partial charge in [-0.05, 0) is 91.3 Å². The molecule has 10 nitrogen and oxygen atoms in total. The summed E-state index contributed by atoms with van der Waals surface area (Å²) in [6.45, 7) is 7.10. The van der Waals surface area contributed by atoms with Gasteiger partial charge in [0.2, 0.25) is 5.89 Å². The number of aliphatic hydroxyl groups excluding tert-OH is 2. The molecule has 1 aliphatic rings. The highest BCUT2D eigenvalue weighted by Gasteiger charge is 2.21. The first kappa shape index (κ1) is 30.7. The molecule has 47 heavy (non-hydrogen) atoms. The van der Waals surface area contributed by atoms with Crippen LogP contribution in [0.5, 0.6) is 0 Å². The third kappa shape index (κ3) is 6.15. The first-order valence-corrected chi connectivity index (χ1v) is 16.1. The minimum atomic E-state index is -0.246. The van der Waals surface area contributed by atoms with Gasteiger partial charge in [-0.1, -0.05) is 24.3 Å². The highest BCUT2D eigenvalue weighted by Crippen LogP contribution is 2.37. The maximum absolute atomic E-state index is 13.1. The van der Waals surface area contributed by atoms with Crippen LogP contribution in [0, 0.1) is 13.8 Å². The minimum Gasteiger partial charge on any atom is -0.436 e. The Balaban J connectivity index is 1.17. The molecule has 5 heterocycles. The maximum atomic E-state index is 13.1. The number of hydrogen-bond acceptors (Lipinski definition) is 9. The number of aryl methyl sites for hydroxylation is 1. The molecule has 0 aliphatic carbocycles. The number of nitrogens with one attached hydrogen (secondary N) is 1. The van der Waals surface area contributed by atoms with E-state index in [1.54, 1.807) is 23.0 Å². The number of nitrogens with zero attached hydrogens (tertiary/aromatic N) is 5. The zero-order chi connectivity index (χ0) is 32.5. The molecule has 0 amide bonds. The SMILES string of the molecule is Cc1c(Nc2nccc3cc(CN4CC[C@@H](O)C4)cnc23)cccc1-c1cccc(-c2nc3c(=O)n(CCCCO)ccc3o2)c1C. The van der Waals surface area contributed by atoms with Gasteiger partial charge in [-0.25, -0.2) is 9.97 Å². The second-order valence-electron chi connectivity index (χ2n) is 12.3. The Hall–Kier alpha value is -4.90. The molecule has 0 saturated carbocycles. The van der Waals surface area contributed by atoms with E-state index in [1.807, 2.05) is 43.5 Å². The minimum absolute atomic E-state index is 0.101. The molecular weight excluding hydrogens is 592 g/mol. The summed E-state index contributed by atoms with van der Waals surface area (Å²) < 4.78 is 7.73. The van der Waals surface area contributed by atoms with Crippen LogP contribution in [0.4, 0.5) is 11.5 Å². The van der Waals surface area contributed by atoms with Crippen molar-refractivity contribution in [3.05, 3.63) is 100 Å². The van der Waals surface area contributed by atoms with Crippen molar-refractivity contribution in [2.75, 3.05) is 25.0 Å². The van der Waals surface area contributed by atoms with Crippen LogP contribution in [0.25, 0.3) is 44.6 Å². The number of β-amino-alcohol motifs (C(OH)–C–C–N with tert-alkyl or cyclic N) is 1. The van der Waals surface area contributed by atoms with E-state index in [9.17, 15) is 9.90 Å². The summed E-state index contributed by atoms with van der Waals surface area (Å²) in [5.74, 6) is 1.09. The van der Waals surface area contributed by atoms with Crippen molar-refractivity contribution >= 4 is 33.5 Å². The van der Waals surface area contributed by atoms with Crippen molar-refractivity contribution in [3.8, 4) is 22.6 Å². The highest BCUT2D eigenvalue weighted by molar-refractivity contribution is 5.91. The Kier molecular flexibility index (Phi) is 8.55. The number of rotatable bonds is 10. The summed E-state index contributed by atoms with van der Waals surface area (Å²) in [6.07, 6.45) is 7.34. The number of oxazole rings is 1. The second-order valence-corrected chi connectivity index (χ2v) is 12.3. The van der Waals surface area contributed by atoms with Crippen molar-refractivity contribution < 1.29 is 14.6 Å². The molecule has 240 valence electrons. The number of benzene rings is 2. The quantitative estimate of drug-likeness (QED) is 0.157. The van der Waals surface area contributed by atoms with Crippen molar-refractivity contribution in [2.45, 2.75) is 52.3 Å². The van der Waals surface area contributed by atoms with Gasteiger partial charge in [-0.2, -0.15) is 0 Å². The molecule has 2 aromatic carbocycles. The molecule has 6 aromatic rings. The van der Waals surface area contributed by atoms with Crippen LogP contribution in [0.15, 0.2) is 82.4 Å². The van der Waals surface area contributed by atoms with Gasteiger partial charge in [-0.15, -0.1) is 0 Å². The molecule has 0 bridgehead atoms. The third-order valence-electron chi connectivity index (χ3n) is 9.08. The molecule has 1 aliphatic heterocycles. The maximum Gasteiger partial charge on any atom is 0.280 e. The number of fused-ring (bicyclic) bond motifs is 2. The van der Waals surface area contributed by atoms with Gasteiger partial charge < -0.3 is 24.5 Å².